The summed E-state index contributed by atoms with van der Waals surface area (Å²) in [6.07, 6.45) is 6.97. The molecule has 0 radical (unpaired) electrons. The Kier molecular flexibility index (Phi) is 7.38. The van der Waals surface area contributed by atoms with E-state index in [4.69, 9.17) is 9.47 Å². The van der Waals surface area contributed by atoms with Crippen LogP contribution in [0.1, 0.15) is 55.8 Å². The molecule has 2 fully saturated rings. The number of esters is 2. The van der Waals surface area contributed by atoms with E-state index in [0.29, 0.717) is 24.8 Å². The summed E-state index contributed by atoms with van der Waals surface area (Å²) >= 11 is 0. The van der Waals surface area contributed by atoms with Gasteiger partial charge in [-0.15, -0.1) is 0 Å². The molecule has 0 spiro atoms. The summed E-state index contributed by atoms with van der Waals surface area (Å²) in [7, 11) is 0. The van der Waals surface area contributed by atoms with E-state index in [0.717, 1.165) is 30.4 Å². The van der Waals surface area contributed by atoms with Crippen LogP contribution in [0.2, 0.25) is 0 Å². The number of benzene rings is 2. The van der Waals surface area contributed by atoms with Crippen molar-refractivity contribution in [2.45, 2.75) is 57.7 Å². The highest BCUT2D eigenvalue weighted by Crippen LogP contribution is 2.43. The third-order valence-corrected chi connectivity index (χ3v) is 6.57. The fraction of sp³-hybridized carbons (Fsp3) is 0.393. The van der Waals surface area contributed by atoms with Crippen molar-refractivity contribution in [3.05, 3.63) is 72.3 Å². The Morgan fingerprint density at radius 3 is 2.48 bits per heavy atom. The number of hydrogen-bond acceptors (Lipinski definition) is 5. The fourth-order valence-corrected chi connectivity index (χ4v) is 4.78. The Bertz CT molecular complexity index is 1010. The molecule has 2 aromatic rings. The number of carbonyl (C=O) groups excluding carboxylic acids is 3. The highest BCUT2D eigenvalue weighted by molar-refractivity contribution is 5.91. The number of unbranched alkanes of at least 4 members (excludes halogenated alkanes) is 2. The molecule has 0 N–H and O–H groups in total. The van der Waals surface area contributed by atoms with Crippen LogP contribution in [0.25, 0.3) is 11.1 Å². The smallest absolute Gasteiger partial charge is 0.338 e. The Labute approximate surface area is 194 Å². The summed E-state index contributed by atoms with van der Waals surface area (Å²) in [5, 5.41) is 0. The zero-order valence-corrected chi connectivity index (χ0v) is 18.9. The summed E-state index contributed by atoms with van der Waals surface area (Å²) in [5.41, 5.74) is 2.58. The van der Waals surface area contributed by atoms with Gasteiger partial charge >= 0.3 is 11.9 Å². The Hall–Kier alpha value is -3.21. The first kappa shape index (κ1) is 23.0. The van der Waals surface area contributed by atoms with E-state index >= 15 is 0 Å². The van der Waals surface area contributed by atoms with E-state index in [-0.39, 0.29) is 29.7 Å². The normalized spacial score (nSPS) is 24.0. The number of carbonyl (C=O) groups is 3. The molecule has 5 heteroatoms. The quantitative estimate of drug-likeness (QED) is 0.287. The second-order valence-electron chi connectivity index (χ2n) is 8.88. The summed E-state index contributed by atoms with van der Waals surface area (Å²) in [6.45, 7) is 2.10. The maximum atomic E-state index is 12.9. The van der Waals surface area contributed by atoms with Crippen LogP contribution >= 0.6 is 0 Å². The molecule has 1 saturated carbocycles. The van der Waals surface area contributed by atoms with Crippen LogP contribution in [-0.2, 0) is 19.1 Å². The van der Waals surface area contributed by atoms with Crippen LogP contribution in [-0.4, -0.2) is 29.9 Å². The van der Waals surface area contributed by atoms with Crippen LogP contribution in [0, 0.1) is 11.8 Å². The predicted octanol–water partition coefficient (Wildman–Crippen LogP) is 5.54. The van der Waals surface area contributed by atoms with Crippen molar-refractivity contribution in [1.29, 1.82) is 0 Å². The first-order valence-electron chi connectivity index (χ1n) is 11.8. The lowest BCUT2D eigenvalue weighted by molar-refractivity contribution is -0.141. The second kappa shape index (κ2) is 10.6. The Morgan fingerprint density at radius 2 is 1.76 bits per heavy atom. The minimum Gasteiger partial charge on any atom is -0.462 e. The molecule has 1 heterocycles. The molecule has 2 aliphatic rings. The first-order chi connectivity index (χ1) is 16.0. The molecule has 2 aromatic carbocycles. The zero-order valence-electron chi connectivity index (χ0n) is 18.9. The SMILES string of the molecule is CCCCCC(=O)/C=C/[C@H]1[C@@H]2CC(=O)O[C@@H]2C[C@@H]1OC(=O)c1ccc(-c2ccccc2)cc1. The number of fused-ring (bicyclic) bond motifs is 1. The molecule has 0 amide bonds. The van der Waals surface area contributed by atoms with Gasteiger partial charge in [0.15, 0.2) is 5.78 Å². The molecule has 1 aliphatic heterocycles. The van der Waals surface area contributed by atoms with E-state index in [2.05, 4.69) is 6.92 Å². The summed E-state index contributed by atoms with van der Waals surface area (Å²) in [6, 6.07) is 17.3. The van der Waals surface area contributed by atoms with Gasteiger partial charge in [0.25, 0.3) is 0 Å². The summed E-state index contributed by atoms with van der Waals surface area (Å²) < 4.78 is 11.3. The molecule has 1 aliphatic carbocycles. The first-order valence-corrected chi connectivity index (χ1v) is 11.8. The van der Waals surface area contributed by atoms with Gasteiger partial charge in [0.05, 0.1) is 12.0 Å². The number of allylic oxidation sites excluding steroid dienone is 1. The van der Waals surface area contributed by atoms with Crippen LogP contribution in [0.4, 0.5) is 0 Å². The topological polar surface area (TPSA) is 69.7 Å². The van der Waals surface area contributed by atoms with E-state index in [9.17, 15) is 14.4 Å². The summed E-state index contributed by atoms with van der Waals surface area (Å²) in [4.78, 5) is 36.9. The maximum absolute atomic E-state index is 12.9. The van der Waals surface area contributed by atoms with Crippen molar-refractivity contribution in [1.82, 2.24) is 0 Å². The molecule has 0 bridgehead atoms. The van der Waals surface area contributed by atoms with Gasteiger partial charge in [0.1, 0.15) is 12.2 Å². The maximum Gasteiger partial charge on any atom is 0.338 e. The van der Waals surface area contributed by atoms with Crippen LogP contribution in [0.5, 0.6) is 0 Å². The van der Waals surface area contributed by atoms with Crippen molar-refractivity contribution in [2.75, 3.05) is 0 Å². The van der Waals surface area contributed by atoms with Crippen LogP contribution in [0.3, 0.4) is 0 Å². The van der Waals surface area contributed by atoms with Gasteiger partial charge in [-0.2, -0.15) is 0 Å². The molecule has 4 rings (SSSR count). The van der Waals surface area contributed by atoms with E-state index in [1.54, 1.807) is 18.2 Å². The van der Waals surface area contributed by atoms with Gasteiger partial charge < -0.3 is 9.47 Å². The molecule has 5 nitrogen and oxygen atoms in total. The molecular formula is C28H30O5. The highest BCUT2D eigenvalue weighted by Gasteiger charge is 2.50. The largest absolute Gasteiger partial charge is 0.462 e. The van der Waals surface area contributed by atoms with Gasteiger partial charge in [0.2, 0.25) is 0 Å². The average Bonchev–Trinajstić information content (AvgIpc) is 3.33. The Morgan fingerprint density at radius 1 is 1.03 bits per heavy atom. The lowest BCUT2D eigenvalue weighted by atomic mass is 9.91. The minimum absolute atomic E-state index is 0.0598. The van der Waals surface area contributed by atoms with Crippen LogP contribution in [0.15, 0.2) is 66.7 Å². The number of ether oxygens (including phenoxy) is 2. The van der Waals surface area contributed by atoms with Crippen molar-refractivity contribution >= 4 is 17.7 Å². The van der Waals surface area contributed by atoms with Crippen LogP contribution < -0.4 is 0 Å². The van der Waals surface area contributed by atoms with Gasteiger partial charge in [-0.05, 0) is 35.8 Å². The molecule has 172 valence electrons. The lowest BCUT2D eigenvalue weighted by Gasteiger charge is -2.20. The van der Waals surface area contributed by atoms with E-state index in [1.165, 1.54) is 0 Å². The van der Waals surface area contributed by atoms with Crippen molar-refractivity contribution in [3.63, 3.8) is 0 Å². The monoisotopic (exact) mass is 446 g/mol. The van der Waals surface area contributed by atoms with Gasteiger partial charge in [-0.3, -0.25) is 9.59 Å². The minimum atomic E-state index is -0.422. The van der Waals surface area contributed by atoms with Crippen molar-refractivity contribution in [2.24, 2.45) is 11.8 Å². The van der Waals surface area contributed by atoms with Gasteiger partial charge in [-0.25, -0.2) is 4.79 Å². The summed E-state index contributed by atoms with van der Waals surface area (Å²) in [5.74, 6) is -0.823. The second-order valence-corrected chi connectivity index (χ2v) is 8.88. The molecule has 0 unspecified atom stereocenters. The number of rotatable bonds is 9. The number of ketones is 1. The lowest BCUT2D eigenvalue weighted by Crippen LogP contribution is -2.25. The highest BCUT2D eigenvalue weighted by atomic mass is 16.6. The molecule has 4 atom stereocenters. The average molecular weight is 447 g/mol. The fourth-order valence-electron chi connectivity index (χ4n) is 4.78. The molecule has 1 saturated heterocycles. The number of hydrogen-bond donors (Lipinski definition) is 0. The Balaban J connectivity index is 1.43. The standard InChI is InChI=1S/C28H30O5/c1-2-3-5-10-22(29)15-16-23-24-17-27(30)32-26(24)18-25(23)33-28(31)21-13-11-20(12-14-21)19-8-6-4-7-9-19/h4,6-9,11-16,23-26H,2-3,5,10,17-18H2,1H3/b16-15+/t23-,24-,25-,26+/m0/s1. The van der Waals surface area contributed by atoms with E-state index in [1.807, 2.05) is 48.5 Å². The predicted molar refractivity (Wildman–Crippen MR) is 125 cm³/mol. The third kappa shape index (κ3) is 5.59. The van der Waals surface area contributed by atoms with Gasteiger partial charge in [0, 0.05) is 24.7 Å². The molecular weight excluding hydrogens is 416 g/mol. The zero-order chi connectivity index (χ0) is 23.2. The molecule has 0 aromatic heterocycles. The van der Waals surface area contributed by atoms with Crippen molar-refractivity contribution < 1.29 is 23.9 Å². The molecule has 33 heavy (non-hydrogen) atoms. The van der Waals surface area contributed by atoms with E-state index < -0.39 is 12.1 Å². The van der Waals surface area contributed by atoms with Crippen molar-refractivity contribution in [3.8, 4) is 11.1 Å². The van der Waals surface area contributed by atoms with Gasteiger partial charge in [-0.1, -0.05) is 68.3 Å². The third-order valence-electron chi connectivity index (χ3n) is 6.57.